The van der Waals surface area contributed by atoms with Crippen LogP contribution in [-0.2, 0) is 11.3 Å². The van der Waals surface area contributed by atoms with E-state index >= 15 is 0 Å². The lowest BCUT2D eigenvalue weighted by Gasteiger charge is -2.30. The predicted octanol–water partition coefficient (Wildman–Crippen LogP) is 5.23. The molecule has 0 radical (unpaired) electrons. The summed E-state index contributed by atoms with van der Waals surface area (Å²) in [5, 5.41) is 13.7. The van der Waals surface area contributed by atoms with Crippen molar-refractivity contribution in [3.05, 3.63) is 89.6 Å². The van der Waals surface area contributed by atoms with Gasteiger partial charge in [0, 0.05) is 16.5 Å². The zero-order valence-corrected chi connectivity index (χ0v) is 21.3. The highest BCUT2D eigenvalue weighted by Gasteiger charge is 2.41. The highest BCUT2D eigenvalue weighted by molar-refractivity contribution is 6.12. The summed E-state index contributed by atoms with van der Waals surface area (Å²) < 4.78 is 5.47. The summed E-state index contributed by atoms with van der Waals surface area (Å²) in [5.74, 6) is 0.184. The number of nitrogens with one attached hydrogen (secondary N) is 1. The van der Waals surface area contributed by atoms with E-state index < -0.39 is 11.6 Å². The third-order valence-corrected chi connectivity index (χ3v) is 6.39. The number of rotatable bonds is 5. The number of methoxy groups -OCH3 is 1. The van der Waals surface area contributed by atoms with E-state index in [9.17, 15) is 14.7 Å². The first-order valence-corrected chi connectivity index (χ1v) is 12.1. The Labute approximate surface area is 215 Å². The Balaban J connectivity index is 1.69. The smallest absolute Gasteiger partial charge is 0.257 e. The van der Waals surface area contributed by atoms with Crippen LogP contribution >= 0.6 is 0 Å². The normalized spacial score (nSPS) is 13.9. The number of fused-ring (bicyclic) bond motifs is 2. The standard InChI is InChI=1S/C30H29N3O4/c1-30(2,3)32-28(35)27(19-10-12-20(34)13-11-19)33-17-24-26(29(33)36)25(18-8-6-5-7-9-18)22-16-21(37-4)14-15-23(22)31-24/h5-16,27,34H,17H2,1-4H3,(H,32,35). The van der Waals surface area contributed by atoms with E-state index in [4.69, 9.17) is 9.72 Å². The zero-order valence-electron chi connectivity index (χ0n) is 21.3. The molecular formula is C30H29N3O4. The predicted molar refractivity (Wildman–Crippen MR) is 142 cm³/mol. The van der Waals surface area contributed by atoms with Crippen molar-refractivity contribution in [2.75, 3.05) is 7.11 Å². The van der Waals surface area contributed by atoms with Gasteiger partial charge in [0.2, 0.25) is 5.91 Å². The average Bonchev–Trinajstić information content (AvgIpc) is 3.18. The van der Waals surface area contributed by atoms with Crippen molar-refractivity contribution in [3.8, 4) is 22.6 Å². The van der Waals surface area contributed by atoms with E-state index in [0.29, 0.717) is 22.6 Å². The molecule has 0 aliphatic carbocycles. The van der Waals surface area contributed by atoms with Gasteiger partial charge in [-0.3, -0.25) is 14.6 Å². The zero-order chi connectivity index (χ0) is 26.3. The number of phenols is 1. The molecule has 1 unspecified atom stereocenters. The summed E-state index contributed by atoms with van der Waals surface area (Å²) in [4.78, 5) is 34.2. The van der Waals surface area contributed by atoms with Gasteiger partial charge in [-0.05, 0) is 62.2 Å². The molecule has 5 rings (SSSR count). The first kappa shape index (κ1) is 24.3. The van der Waals surface area contributed by atoms with Crippen LogP contribution in [0.4, 0.5) is 0 Å². The molecule has 1 aliphatic heterocycles. The third kappa shape index (κ3) is 4.60. The van der Waals surface area contributed by atoms with Crippen LogP contribution in [0.15, 0.2) is 72.8 Å². The Hall–Kier alpha value is -4.39. The fraction of sp³-hybridized carbons (Fsp3) is 0.233. The number of carbonyl (C=O) groups excluding carboxylic acids is 2. The topological polar surface area (TPSA) is 91.8 Å². The summed E-state index contributed by atoms with van der Waals surface area (Å²) >= 11 is 0. The molecule has 4 aromatic rings. The van der Waals surface area contributed by atoms with E-state index in [1.54, 1.807) is 24.1 Å². The number of nitrogens with zero attached hydrogens (tertiary/aromatic N) is 2. The van der Waals surface area contributed by atoms with E-state index in [0.717, 1.165) is 22.0 Å². The molecule has 0 saturated heterocycles. The van der Waals surface area contributed by atoms with Crippen LogP contribution in [0.25, 0.3) is 22.0 Å². The summed E-state index contributed by atoms with van der Waals surface area (Å²) in [7, 11) is 1.60. The highest BCUT2D eigenvalue weighted by Crippen LogP contribution is 2.41. The molecule has 188 valence electrons. The van der Waals surface area contributed by atoms with Crippen molar-refractivity contribution < 1.29 is 19.4 Å². The fourth-order valence-corrected chi connectivity index (χ4v) is 4.82. The summed E-state index contributed by atoms with van der Waals surface area (Å²) in [5.41, 5.74) is 3.61. The quantitative estimate of drug-likeness (QED) is 0.396. The number of benzene rings is 3. The molecule has 1 aliphatic rings. The number of aromatic nitrogens is 1. The number of ether oxygens (including phenoxy) is 1. The van der Waals surface area contributed by atoms with Gasteiger partial charge < -0.3 is 20.1 Å². The van der Waals surface area contributed by atoms with Gasteiger partial charge in [-0.15, -0.1) is 0 Å². The summed E-state index contributed by atoms with van der Waals surface area (Å²) in [6.07, 6.45) is 0. The molecular weight excluding hydrogens is 466 g/mol. The minimum absolute atomic E-state index is 0.0861. The highest BCUT2D eigenvalue weighted by atomic mass is 16.5. The molecule has 1 atom stereocenters. The molecule has 1 aromatic heterocycles. The average molecular weight is 496 g/mol. The molecule has 37 heavy (non-hydrogen) atoms. The van der Waals surface area contributed by atoms with E-state index in [-0.39, 0.29) is 24.1 Å². The second-order valence-electron chi connectivity index (χ2n) is 10.2. The third-order valence-electron chi connectivity index (χ3n) is 6.39. The Kier molecular flexibility index (Phi) is 6.07. The molecule has 0 saturated carbocycles. The van der Waals surface area contributed by atoms with Crippen LogP contribution in [0.1, 0.15) is 48.4 Å². The van der Waals surface area contributed by atoms with Crippen molar-refractivity contribution in [1.82, 2.24) is 15.2 Å². The first-order chi connectivity index (χ1) is 17.7. The van der Waals surface area contributed by atoms with E-state index in [1.807, 2.05) is 69.3 Å². The largest absolute Gasteiger partial charge is 0.508 e. The van der Waals surface area contributed by atoms with Gasteiger partial charge >= 0.3 is 0 Å². The van der Waals surface area contributed by atoms with Crippen molar-refractivity contribution in [2.24, 2.45) is 0 Å². The molecule has 7 heteroatoms. The molecule has 0 bridgehead atoms. The summed E-state index contributed by atoms with van der Waals surface area (Å²) in [6.45, 7) is 5.87. The Bertz CT molecular complexity index is 1490. The van der Waals surface area contributed by atoms with Crippen LogP contribution in [0.2, 0.25) is 0 Å². The maximum absolute atomic E-state index is 14.2. The number of hydrogen-bond acceptors (Lipinski definition) is 5. The molecule has 0 spiro atoms. The SMILES string of the molecule is COc1ccc2nc3c(c(-c4ccccc4)c2c1)C(=O)N(C(C(=O)NC(C)(C)C)c1ccc(O)cc1)C3. The second kappa shape index (κ2) is 9.24. The van der Waals surface area contributed by atoms with Crippen molar-refractivity contribution in [1.29, 1.82) is 0 Å². The number of phenolic OH excluding ortho intramolecular Hbond substituents is 1. The van der Waals surface area contributed by atoms with Crippen LogP contribution in [-0.4, -0.2) is 39.5 Å². The van der Waals surface area contributed by atoms with Crippen molar-refractivity contribution in [2.45, 2.75) is 38.9 Å². The molecule has 7 nitrogen and oxygen atoms in total. The van der Waals surface area contributed by atoms with Crippen LogP contribution < -0.4 is 10.1 Å². The molecule has 2 amide bonds. The monoisotopic (exact) mass is 495 g/mol. The Morgan fingerprint density at radius 1 is 1.03 bits per heavy atom. The number of aromatic hydroxyl groups is 1. The summed E-state index contributed by atoms with van der Waals surface area (Å²) in [6, 6.07) is 20.8. The van der Waals surface area contributed by atoms with Gasteiger partial charge in [0.15, 0.2) is 0 Å². The maximum atomic E-state index is 14.2. The van der Waals surface area contributed by atoms with Crippen LogP contribution in [0, 0.1) is 0 Å². The Morgan fingerprint density at radius 2 is 1.73 bits per heavy atom. The van der Waals surface area contributed by atoms with Gasteiger partial charge in [-0.2, -0.15) is 0 Å². The molecule has 3 aromatic carbocycles. The Morgan fingerprint density at radius 3 is 2.38 bits per heavy atom. The fourth-order valence-electron chi connectivity index (χ4n) is 4.82. The minimum Gasteiger partial charge on any atom is -0.508 e. The minimum atomic E-state index is -0.900. The lowest BCUT2D eigenvalue weighted by atomic mass is 9.94. The lowest BCUT2D eigenvalue weighted by molar-refractivity contribution is -0.127. The van der Waals surface area contributed by atoms with Crippen LogP contribution in [0.5, 0.6) is 11.5 Å². The molecule has 0 fully saturated rings. The number of amides is 2. The second-order valence-corrected chi connectivity index (χ2v) is 10.2. The van der Waals surface area contributed by atoms with Gasteiger partial charge in [0.1, 0.15) is 17.5 Å². The van der Waals surface area contributed by atoms with Gasteiger partial charge in [-0.25, -0.2) is 0 Å². The number of carbonyl (C=O) groups is 2. The van der Waals surface area contributed by atoms with Gasteiger partial charge in [0.25, 0.3) is 5.91 Å². The van der Waals surface area contributed by atoms with Gasteiger partial charge in [-0.1, -0.05) is 42.5 Å². The van der Waals surface area contributed by atoms with Gasteiger partial charge in [0.05, 0.1) is 30.4 Å². The number of hydrogen-bond donors (Lipinski definition) is 2. The number of pyridine rings is 1. The van der Waals surface area contributed by atoms with E-state index in [1.165, 1.54) is 12.1 Å². The molecule has 2 heterocycles. The van der Waals surface area contributed by atoms with Crippen molar-refractivity contribution >= 4 is 22.7 Å². The van der Waals surface area contributed by atoms with Crippen molar-refractivity contribution in [3.63, 3.8) is 0 Å². The maximum Gasteiger partial charge on any atom is 0.257 e. The molecule has 2 N–H and O–H groups in total. The lowest BCUT2D eigenvalue weighted by Crippen LogP contribution is -2.47. The van der Waals surface area contributed by atoms with E-state index in [2.05, 4.69) is 5.32 Å². The first-order valence-electron chi connectivity index (χ1n) is 12.1. The van der Waals surface area contributed by atoms with Crippen LogP contribution in [0.3, 0.4) is 0 Å².